The van der Waals surface area contributed by atoms with Crippen molar-refractivity contribution in [3.63, 3.8) is 0 Å². The zero-order valence-electron chi connectivity index (χ0n) is 11.1. The monoisotopic (exact) mass is 308 g/mol. The number of hydrogen-bond donors (Lipinski definition) is 1. The topological polar surface area (TPSA) is 67.4 Å². The normalized spacial score (nSPS) is 15.0. The Kier molecular flexibility index (Phi) is 4.07. The van der Waals surface area contributed by atoms with Crippen molar-refractivity contribution < 1.29 is 13.9 Å². The molecule has 2 aromatic rings. The summed E-state index contributed by atoms with van der Waals surface area (Å²) in [6.45, 7) is 2.89. The van der Waals surface area contributed by atoms with E-state index in [1.807, 2.05) is 0 Å². The molecule has 0 spiro atoms. The quantitative estimate of drug-likeness (QED) is 0.875. The fourth-order valence-electron chi connectivity index (χ4n) is 1.91. The van der Waals surface area contributed by atoms with Gasteiger partial charge in [0.05, 0.1) is 25.1 Å². The molecule has 110 valence electrons. The van der Waals surface area contributed by atoms with E-state index in [9.17, 15) is 9.18 Å². The summed E-state index contributed by atoms with van der Waals surface area (Å²) in [6.07, 6.45) is 1.27. The molecule has 1 fully saturated rings. The number of morpholine rings is 1. The zero-order chi connectivity index (χ0) is 14.7. The van der Waals surface area contributed by atoms with E-state index >= 15 is 0 Å². The number of pyridine rings is 1. The standard InChI is InChI=1S/C13H13FN4O2S/c14-11-2-1-9(7-15-11)16-12(19)10-8-21-13(17-10)18-3-5-20-6-4-18/h1-2,7-8H,3-6H2,(H,16,19). The van der Waals surface area contributed by atoms with Crippen LogP contribution in [0, 0.1) is 5.95 Å². The second kappa shape index (κ2) is 6.15. The van der Waals surface area contributed by atoms with Crippen LogP contribution in [0.5, 0.6) is 0 Å². The zero-order valence-corrected chi connectivity index (χ0v) is 11.9. The summed E-state index contributed by atoms with van der Waals surface area (Å²) in [7, 11) is 0. The number of thiazole rings is 1. The maximum atomic E-state index is 12.7. The number of anilines is 2. The number of carbonyl (C=O) groups excluding carboxylic acids is 1. The van der Waals surface area contributed by atoms with Gasteiger partial charge in [-0.25, -0.2) is 9.97 Å². The smallest absolute Gasteiger partial charge is 0.275 e. The van der Waals surface area contributed by atoms with Crippen LogP contribution >= 0.6 is 11.3 Å². The minimum Gasteiger partial charge on any atom is -0.378 e. The molecule has 8 heteroatoms. The van der Waals surface area contributed by atoms with E-state index in [4.69, 9.17) is 4.74 Å². The van der Waals surface area contributed by atoms with Gasteiger partial charge in [0.25, 0.3) is 5.91 Å². The molecular weight excluding hydrogens is 295 g/mol. The highest BCUT2D eigenvalue weighted by Gasteiger charge is 2.17. The van der Waals surface area contributed by atoms with Gasteiger partial charge in [-0.2, -0.15) is 4.39 Å². The third kappa shape index (κ3) is 3.34. The number of amides is 1. The molecular formula is C13H13FN4O2S. The first-order valence-electron chi connectivity index (χ1n) is 6.43. The lowest BCUT2D eigenvalue weighted by atomic mass is 10.4. The third-order valence-corrected chi connectivity index (χ3v) is 3.89. The average Bonchev–Trinajstić information content (AvgIpc) is 3.00. The minimum atomic E-state index is -0.587. The predicted octanol–water partition coefficient (Wildman–Crippen LogP) is 1.77. The summed E-state index contributed by atoms with van der Waals surface area (Å²) in [5.41, 5.74) is 0.771. The number of nitrogens with zero attached hydrogens (tertiary/aromatic N) is 3. The molecule has 0 bridgehead atoms. The van der Waals surface area contributed by atoms with Gasteiger partial charge in [-0.3, -0.25) is 4.79 Å². The lowest BCUT2D eigenvalue weighted by molar-refractivity contribution is 0.102. The highest BCUT2D eigenvalue weighted by molar-refractivity contribution is 7.14. The molecule has 0 radical (unpaired) electrons. The van der Waals surface area contributed by atoms with Crippen molar-refractivity contribution in [2.75, 3.05) is 36.5 Å². The lowest BCUT2D eigenvalue weighted by Crippen LogP contribution is -2.36. The van der Waals surface area contributed by atoms with Gasteiger partial charge in [0.15, 0.2) is 5.13 Å². The fraction of sp³-hybridized carbons (Fsp3) is 0.308. The molecule has 1 aliphatic heterocycles. The number of hydrogen-bond acceptors (Lipinski definition) is 6. The van der Waals surface area contributed by atoms with Crippen LogP contribution in [0.4, 0.5) is 15.2 Å². The molecule has 0 atom stereocenters. The number of aromatic nitrogens is 2. The average molecular weight is 308 g/mol. The van der Waals surface area contributed by atoms with Crippen molar-refractivity contribution in [2.24, 2.45) is 0 Å². The molecule has 6 nitrogen and oxygen atoms in total. The van der Waals surface area contributed by atoms with Crippen molar-refractivity contribution in [1.29, 1.82) is 0 Å². The fourth-order valence-corrected chi connectivity index (χ4v) is 2.77. The first-order chi connectivity index (χ1) is 10.2. The van der Waals surface area contributed by atoms with Crippen LogP contribution in [-0.2, 0) is 4.74 Å². The molecule has 1 amide bonds. The van der Waals surface area contributed by atoms with Crippen LogP contribution in [0.25, 0.3) is 0 Å². The van der Waals surface area contributed by atoms with E-state index < -0.39 is 5.95 Å². The van der Waals surface area contributed by atoms with Crippen LogP contribution in [0.1, 0.15) is 10.5 Å². The van der Waals surface area contributed by atoms with E-state index in [0.717, 1.165) is 18.2 Å². The first kappa shape index (κ1) is 13.9. The van der Waals surface area contributed by atoms with Crippen LogP contribution in [0.2, 0.25) is 0 Å². The van der Waals surface area contributed by atoms with Crippen molar-refractivity contribution >= 4 is 28.1 Å². The molecule has 0 aliphatic carbocycles. The molecule has 1 saturated heterocycles. The Hall–Kier alpha value is -2.06. The maximum absolute atomic E-state index is 12.7. The molecule has 3 heterocycles. The SMILES string of the molecule is O=C(Nc1ccc(F)nc1)c1csc(N2CCOCC2)n1. The van der Waals surface area contributed by atoms with E-state index in [0.29, 0.717) is 24.6 Å². The van der Waals surface area contributed by atoms with Crippen molar-refractivity contribution in [2.45, 2.75) is 0 Å². The lowest BCUT2D eigenvalue weighted by Gasteiger charge is -2.25. The van der Waals surface area contributed by atoms with Gasteiger partial charge < -0.3 is 15.0 Å². The number of carbonyl (C=O) groups is 1. The van der Waals surface area contributed by atoms with Gasteiger partial charge in [-0.1, -0.05) is 0 Å². The maximum Gasteiger partial charge on any atom is 0.275 e. The van der Waals surface area contributed by atoms with E-state index in [1.54, 1.807) is 5.38 Å². The van der Waals surface area contributed by atoms with Crippen LogP contribution in [0.15, 0.2) is 23.7 Å². The van der Waals surface area contributed by atoms with Gasteiger partial charge in [-0.15, -0.1) is 11.3 Å². The molecule has 0 unspecified atom stereocenters. The van der Waals surface area contributed by atoms with Gasteiger partial charge in [0.2, 0.25) is 5.95 Å². The molecule has 1 aliphatic rings. The molecule has 2 aromatic heterocycles. The van der Waals surface area contributed by atoms with E-state index in [-0.39, 0.29) is 5.91 Å². The minimum absolute atomic E-state index is 0.334. The van der Waals surface area contributed by atoms with E-state index in [2.05, 4.69) is 20.2 Å². The summed E-state index contributed by atoms with van der Waals surface area (Å²) >= 11 is 1.42. The molecule has 0 saturated carbocycles. The molecule has 1 N–H and O–H groups in total. The summed E-state index contributed by atoms with van der Waals surface area (Å²) in [6, 6.07) is 2.64. The largest absolute Gasteiger partial charge is 0.378 e. The van der Waals surface area contributed by atoms with Gasteiger partial charge in [-0.05, 0) is 12.1 Å². The number of nitrogens with one attached hydrogen (secondary N) is 1. The van der Waals surface area contributed by atoms with Crippen molar-refractivity contribution in [3.05, 3.63) is 35.4 Å². The molecule has 21 heavy (non-hydrogen) atoms. The Bertz CT molecular complexity index is 625. The van der Waals surface area contributed by atoms with Crippen LogP contribution in [-0.4, -0.2) is 42.2 Å². The first-order valence-corrected chi connectivity index (χ1v) is 7.31. The number of halogens is 1. The van der Waals surface area contributed by atoms with Crippen LogP contribution < -0.4 is 10.2 Å². The summed E-state index contributed by atoms with van der Waals surface area (Å²) in [5, 5.41) is 5.15. The highest BCUT2D eigenvalue weighted by Crippen LogP contribution is 2.22. The Morgan fingerprint density at radius 1 is 1.38 bits per heavy atom. The Morgan fingerprint density at radius 2 is 2.19 bits per heavy atom. The van der Waals surface area contributed by atoms with E-state index in [1.165, 1.54) is 29.7 Å². The van der Waals surface area contributed by atoms with Gasteiger partial charge in [0, 0.05) is 18.5 Å². The Balaban J connectivity index is 1.67. The third-order valence-electron chi connectivity index (χ3n) is 2.99. The molecule has 3 rings (SSSR count). The number of rotatable bonds is 3. The second-order valence-corrected chi connectivity index (χ2v) is 5.28. The Morgan fingerprint density at radius 3 is 2.90 bits per heavy atom. The van der Waals surface area contributed by atoms with Crippen LogP contribution in [0.3, 0.4) is 0 Å². The molecule has 0 aromatic carbocycles. The summed E-state index contributed by atoms with van der Waals surface area (Å²) < 4.78 is 18.0. The highest BCUT2D eigenvalue weighted by atomic mass is 32.1. The Labute approximate surface area is 124 Å². The van der Waals surface area contributed by atoms with Gasteiger partial charge >= 0.3 is 0 Å². The summed E-state index contributed by atoms with van der Waals surface area (Å²) in [4.78, 5) is 22.0. The number of ether oxygens (including phenoxy) is 1. The second-order valence-electron chi connectivity index (χ2n) is 4.44. The van der Waals surface area contributed by atoms with Gasteiger partial charge in [0.1, 0.15) is 5.69 Å². The van der Waals surface area contributed by atoms with Crippen molar-refractivity contribution in [3.8, 4) is 0 Å². The summed E-state index contributed by atoms with van der Waals surface area (Å²) in [5.74, 6) is -0.921. The predicted molar refractivity (Wildman–Crippen MR) is 77.3 cm³/mol. The van der Waals surface area contributed by atoms with Crippen molar-refractivity contribution in [1.82, 2.24) is 9.97 Å².